The number of carbonyl (C=O) groups excluding carboxylic acids is 1. The van der Waals surface area contributed by atoms with Gasteiger partial charge in [-0.1, -0.05) is 17.7 Å². The zero-order valence-electron chi connectivity index (χ0n) is 18.7. The van der Waals surface area contributed by atoms with E-state index in [1.54, 1.807) is 40.0 Å². The van der Waals surface area contributed by atoms with Crippen LogP contribution in [0.2, 0.25) is 5.02 Å². The van der Waals surface area contributed by atoms with Crippen molar-refractivity contribution in [3.05, 3.63) is 58.1 Å². The topological polar surface area (TPSA) is 123 Å². The summed E-state index contributed by atoms with van der Waals surface area (Å²) in [6.07, 6.45) is 5.76. The lowest BCUT2D eigenvalue weighted by Crippen LogP contribution is -2.50. The number of fused-ring (bicyclic) bond motifs is 2. The van der Waals surface area contributed by atoms with E-state index < -0.39 is 11.7 Å². The average Bonchev–Trinajstić information content (AvgIpc) is 3.56. The van der Waals surface area contributed by atoms with E-state index in [-0.39, 0.29) is 16.5 Å². The SMILES string of the molecule is O=C(On1c(C2CCCN2c2ncnn3ccnc23)nc2cccc(Cl)c2c1=O)N1CCNCC1. The first-order valence-corrected chi connectivity index (χ1v) is 11.8. The van der Waals surface area contributed by atoms with E-state index >= 15 is 0 Å². The maximum atomic E-state index is 13.6. The van der Waals surface area contributed by atoms with Crippen LogP contribution in [0.4, 0.5) is 10.6 Å². The Morgan fingerprint density at radius 3 is 2.89 bits per heavy atom. The largest absolute Gasteiger partial charge is 0.434 e. The van der Waals surface area contributed by atoms with Gasteiger partial charge in [-0.15, -0.1) is 4.73 Å². The van der Waals surface area contributed by atoms with Crippen molar-refractivity contribution in [2.45, 2.75) is 18.9 Å². The molecule has 0 radical (unpaired) electrons. The number of anilines is 1. The van der Waals surface area contributed by atoms with Crippen LogP contribution in [0, 0.1) is 0 Å². The third-order valence-electron chi connectivity index (χ3n) is 6.38. The van der Waals surface area contributed by atoms with Crippen molar-refractivity contribution >= 4 is 40.1 Å². The van der Waals surface area contributed by atoms with E-state index in [1.807, 2.05) is 4.90 Å². The van der Waals surface area contributed by atoms with E-state index in [4.69, 9.17) is 21.4 Å². The molecular weight excluding hydrogens is 474 g/mol. The summed E-state index contributed by atoms with van der Waals surface area (Å²) in [6, 6.07) is 4.71. The number of nitrogens with zero attached hydrogens (tertiary/aromatic N) is 8. The number of halogens is 1. The van der Waals surface area contributed by atoms with Gasteiger partial charge >= 0.3 is 6.09 Å². The molecule has 0 aliphatic carbocycles. The second-order valence-electron chi connectivity index (χ2n) is 8.43. The number of hydrogen-bond donors (Lipinski definition) is 1. The molecule has 1 N–H and O–H groups in total. The number of carbonyl (C=O) groups is 1. The fourth-order valence-electron chi connectivity index (χ4n) is 4.71. The van der Waals surface area contributed by atoms with Crippen LogP contribution >= 0.6 is 11.6 Å². The molecule has 35 heavy (non-hydrogen) atoms. The summed E-state index contributed by atoms with van der Waals surface area (Å²) in [6.45, 7) is 2.95. The molecule has 0 saturated carbocycles. The first-order chi connectivity index (χ1) is 17.1. The normalized spacial score (nSPS) is 18.5. The van der Waals surface area contributed by atoms with E-state index in [0.717, 1.165) is 11.2 Å². The number of aromatic nitrogens is 6. The summed E-state index contributed by atoms with van der Waals surface area (Å²) in [5, 5.41) is 7.84. The molecule has 1 unspecified atom stereocenters. The molecule has 2 aliphatic heterocycles. The van der Waals surface area contributed by atoms with Crippen LogP contribution in [-0.4, -0.2) is 73.0 Å². The minimum Gasteiger partial charge on any atom is -0.343 e. The van der Waals surface area contributed by atoms with Crippen molar-refractivity contribution in [2.75, 3.05) is 37.6 Å². The molecule has 4 aromatic rings. The Morgan fingerprint density at radius 1 is 1.17 bits per heavy atom. The molecule has 2 fully saturated rings. The van der Waals surface area contributed by atoms with Gasteiger partial charge in [-0.3, -0.25) is 4.79 Å². The first kappa shape index (κ1) is 21.7. The molecule has 6 rings (SSSR count). The smallest absolute Gasteiger partial charge is 0.343 e. The Kier molecular flexibility index (Phi) is 5.46. The molecule has 2 aliphatic rings. The molecule has 2 saturated heterocycles. The van der Waals surface area contributed by atoms with Gasteiger partial charge in [-0.25, -0.2) is 24.3 Å². The number of piperazine rings is 1. The van der Waals surface area contributed by atoms with E-state index in [2.05, 4.69) is 20.4 Å². The Morgan fingerprint density at radius 2 is 2.03 bits per heavy atom. The Hall–Kier alpha value is -3.77. The molecule has 0 bridgehead atoms. The maximum Gasteiger partial charge on any atom is 0.434 e. The number of hydrogen-bond acceptors (Lipinski definition) is 9. The monoisotopic (exact) mass is 495 g/mol. The molecule has 13 heteroatoms. The number of nitrogens with one attached hydrogen (secondary N) is 1. The van der Waals surface area contributed by atoms with Gasteiger partial charge in [0, 0.05) is 45.1 Å². The highest BCUT2D eigenvalue weighted by Crippen LogP contribution is 2.36. The molecule has 12 nitrogen and oxygen atoms in total. The van der Waals surface area contributed by atoms with Gasteiger partial charge in [0.15, 0.2) is 17.3 Å². The van der Waals surface area contributed by atoms with Crippen LogP contribution in [0.15, 0.2) is 41.7 Å². The van der Waals surface area contributed by atoms with Crippen LogP contribution in [-0.2, 0) is 0 Å². The van der Waals surface area contributed by atoms with Crippen molar-refractivity contribution in [2.24, 2.45) is 0 Å². The number of amides is 1. The predicted molar refractivity (Wildman–Crippen MR) is 128 cm³/mol. The molecule has 0 spiro atoms. The minimum absolute atomic E-state index is 0.202. The number of imidazole rings is 1. The highest BCUT2D eigenvalue weighted by atomic mass is 35.5. The van der Waals surface area contributed by atoms with Crippen molar-refractivity contribution in [1.82, 2.24) is 39.5 Å². The second-order valence-corrected chi connectivity index (χ2v) is 8.84. The van der Waals surface area contributed by atoms with E-state index in [0.29, 0.717) is 62.0 Å². The van der Waals surface area contributed by atoms with Crippen molar-refractivity contribution in [3.8, 4) is 0 Å². The number of benzene rings is 1. The fourth-order valence-corrected chi connectivity index (χ4v) is 4.96. The predicted octanol–water partition coefficient (Wildman–Crippen LogP) is 1.28. The lowest BCUT2D eigenvalue weighted by Gasteiger charge is -2.29. The molecular formula is C22H22ClN9O3. The first-order valence-electron chi connectivity index (χ1n) is 11.4. The quantitative estimate of drug-likeness (QED) is 0.447. The van der Waals surface area contributed by atoms with Crippen LogP contribution < -0.4 is 20.6 Å². The Balaban J connectivity index is 1.48. The van der Waals surface area contributed by atoms with Gasteiger partial charge < -0.3 is 20.0 Å². The molecule has 5 heterocycles. The highest BCUT2D eigenvalue weighted by Gasteiger charge is 2.35. The molecule has 180 valence electrons. The van der Waals surface area contributed by atoms with Gasteiger partial charge in [0.25, 0.3) is 5.56 Å². The highest BCUT2D eigenvalue weighted by molar-refractivity contribution is 6.35. The zero-order valence-corrected chi connectivity index (χ0v) is 19.4. The van der Waals surface area contributed by atoms with Gasteiger partial charge in [0.05, 0.1) is 22.0 Å². The summed E-state index contributed by atoms with van der Waals surface area (Å²) in [5.41, 5.74) is 0.502. The minimum atomic E-state index is -0.606. The van der Waals surface area contributed by atoms with Crippen molar-refractivity contribution in [3.63, 3.8) is 0 Å². The molecule has 1 aromatic carbocycles. The average molecular weight is 496 g/mol. The van der Waals surface area contributed by atoms with Crippen molar-refractivity contribution in [1.29, 1.82) is 0 Å². The van der Waals surface area contributed by atoms with Gasteiger partial charge in [-0.05, 0) is 25.0 Å². The summed E-state index contributed by atoms with van der Waals surface area (Å²) in [4.78, 5) is 49.6. The summed E-state index contributed by atoms with van der Waals surface area (Å²) < 4.78 is 2.65. The Labute approximate surface area is 204 Å². The standard InChI is InChI=1S/C22H22ClN9O3/c23-14-3-1-4-15-17(14)21(33)32(35-22(34)29-10-6-24-7-11-29)18(28-15)16-5-2-9-30(16)19-20-25-8-12-31(20)27-13-26-19/h1,3-4,8,12-13,16,24H,2,5-7,9-11H2. The summed E-state index contributed by atoms with van der Waals surface area (Å²) >= 11 is 6.36. The van der Waals surface area contributed by atoms with Crippen LogP contribution in [0.5, 0.6) is 0 Å². The van der Waals surface area contributed by atoms with Crippen LogP contribution in [0.25, 0.3) is 16.6 Å². The van der Waals surface area contributed by atoms with Crippen LogP contribution in [0.3, 0.4) is 0 Å². The third-order valence-corrected chi connectivity index (χ3v) is 6.69. The zero-order chi connectivity index (χ0) is 23.9. The molecule has 1 atom stereocenters. The number of rotatable bonds is 3. The van der Waals surface area contributed by atoms with E-state index in [1.165, 1.54) is 6.33 Å². The van der Waals surface area contributed by atoms with Crippen molar-refractivity contribution < 1.29 is 9.63 Å². The summed E-state index contributed by atoms with van der Waals surface area (Å²) in [7, 11) is 0. The van der Waals surface area contributed by atoms with Gasteiger partial charge in [0.2, 0.25) is 0 Å². The van der Waals surface area contributed by atoms with E-state index in [9.17, 15) is 9.59 Å². The molecule has 3 aromatic heterocycles. The van der Waals surface area contributed by atoms with Crippen LogP contribution in [0.1, 0.15) is 24.7 Å². The second kappa shape index (κ2) is 8.78. The Bertz CT molecular complexity index is 1480. The lowest BCUT2D eigenvalue weighted by molar-refractivity contribution is 0.0791. The molecule has 1 amide bonds. The summed E-state index contributed by atoms with van der Waals surface area (Å²) in [5.74, 6) is 0.932. The van der Waals surface area contributed by atoms with Gasteiger partial charge in [-0.2, -0.15) is 5.10 Å². The lowest BCUT2D eigenvalue weighted by atomic mass is 10.2. The fraction of sp³-hybridized carbons (Fsp3) is 0.364. The third kappa shape index (κ3) is 3.74. The maximum absolute atomic E-state index is 13.6. The van der Waals surface area contributed by atoms with Gasteiger partial charge in [0.1, 0.15) is 6.33 Å².